The van der Waals surface area contributed by atoms with Gasteiger partial charge in [0.1, 0.15) is 17.2 Å². The molecule has 1 aromatic heterocycles. The summed E-state index contributed by atoms with van der Waals surface area (Å²) >= 11 is 0. The molecule has 6 heteroatoms. The molecule has 2 N–H and O–H groups in total. The molecular weight excluding hydrogens is 397 g/mol. The topological polar surface area (TPSA) is 79.5 Å². The Kier molecular flexibility index (Phi) is 5.37. The molecule has 0 fully saturated rings. The van der Waals surface area contributed by atoms with Crippen molar-refractivity contribution >= 4 is 28.9 Å². The first kappa shape index (κ1) is 20.1. The minimum atomic E-state index is -1.02. The van der Waals surface area contributed by atoms with Crippen molar-refractivity contribution in [2.45, 2.75) is 0 Å². The van der Waals surface area contributed by atoms with Gasteiger partial charge in [0, 0.05) is 24.1 Å². The number of aliphatic carboxylic acids is 1. The zero-order valence-electron chi connectivity index (χ0n) is 16.6. The number of carboxylic acid groups (broad SMARTS) is 1. The van der Waals surface area contributed by atoms with Gasteiger partial charge in [-0.2, -0.15) is 0 Å². The van der Waals surface area contributed by atoms with Crippen molar-refractivity contribution in [3.63, 3.8) is 0 Å². The normalized spacial score (nSPS) is 11.2. The molecule has 0 bridgehead atoms. The second-order valence-electron chi connectivity index (χ2n) is 6.90. The van der Waals surface area contributed by atoms with Gasteiger partial charge in [-0.15, -0.1) is 0 Å². The summed E-state index contributed by atoms with van der Waals surface area (Å²) in [5, 5.41) is 12.1. The quantitative estimate of drug-likeness (QED) is 0.430. The molecule has 0 spiro atoms. The number of carbonyl (C=O) groups excluding carboxylic acids is 1. The van der Waals surface area contributed by atoms with Crippen LogP contribution in [0.15, 0.2) is 77.2 Å². The fourth-order valence-corrected chi connectivity index (χ4v) is 3.42. The van der Waals surface area contributed by atoms with E-state index in [2.05, 4.69) is 5.32 Å². The fraction of sp³-hybridized carbons (Fsp3) is 0.0400. The monoisotopic (exact) mass is 415 g/mol. The second-order valence-corrected chi connectivity index (χ2v) is 6.90. The van der Waals surface area contributed by atoms with Crippen LogP contribution in [0.3, 0.4) is 0 Å². The van der Waals surface area contributed by atoms with E-state index in [4.69, 9.17) is 9.52 Å². The molecule has 0 atom stereocenters. The highest BCUT2D eigenvalue weighted by atomic mass is 19.1. The first-order valence-corrected chi connectivity index (χ1v) is 9.52. The summed E-state index contributed by atoms with van der Waals surface area (Å²) in [5.74, 6) is -1.34. The third-order valence-corrected chi connectivity index (χ3v) is 4.89. The summed E-state index contributed by atoms with van der Waals surface area (Å²) in [7, 11) is 1.54. The SMILES string of the molecule is CNC(=O)c1c(-c2ccc(F)cc2)oc2ccc(-c3cccc(/C=C/C(=O)O)c3)cc12. The van der Waals surface area contributed by atoms with Crippen LogP contribution >= 0.6 is 0 Å². The Hall–Kier alpha value is -4.19. The van der Waals surface area contributed by atoms with E-state index in [1.807, 2.05) is 36.4 Å². The average Bonchev–Trinajstić information content (AvgIpc) is 3.16. The van der Waals surface area contributed by atoms with E-state index in [-0.39, 0.29) is 11.7 Å². The number of fused-ring (bicyclic) bond motifs is 1. The maximum Gasteiger partial charge on any atom is 0.328 e. The van der Waals surface area contributed by atoms with Gasteiger partial charge in [0.2, 0.25) is 0 Å². The number of hydrogen-bond donors (Lipinski definition) is 2. The number of rotatable bonds is 5. The number of benzene rings is 3. The highest BCUT2D eigenvalue weighted by molar-refractivity contribution is 6.11. The molecule has 0 aliphatic heterocycles. The minimum Gasteiger partial charge on any atom is -0.478 e. The number of nitrogens with one attached hydrogen (secondary N) is 1. The molecule has 0 saturated heterocycles. The molecule has 31 heavy (non-hydrogen) atoms. The lowest BCUT2D eigenvalue weighted by molar-refractivity contribution is -0.131. The number of carboxylic acids is 1. The van der Waals surface area contributed by atoms with Crippen LogP contribution < -0.4 is 5.32 Å². The third kappa shape index (κ3) is 4.09. The van der Waals surface area contributed by atoms with Crippen LogP contribution in [0.1, 0.15) is 15.9 Å². The Bertz CT molecular complexity index is 1320. The number of halogens is 1. The first-order chi connectivity index (χ1) is 15.0. The Morgan fingerprint density at radius 1 is 0.968 bits per heavy atom. The van der Waals surface area contributed by atoms with Crippen LogP contribution in [-0.4, -0.2) is 24.0 Å². The predicted octanol–water partition coefficient (Wildman–Crippen LogP) is 5.36. The standard InChI is InChI=1S/C25H18FNO4/c1-27-25(30)23-20-14-18(17-4-2-3-15(13-17)5-12-22(28)29)8-11-21(20)31-24(23)16-6-9-19(26)10-7-16/h2-14H,1H3,(H,27,30)(H,28,29)/b12-5+. The average molecular weight is 415 g/mol. The molecule has 154 valence electrons. The first-order valence-electron chi connectivity index (χ1n) is 9.52. The molecule has 4 rings (SSSR count). The Balaban J connectivity index is 1.86. The number of furan rings is 1. The molecule has 0 saturated carbocycles. The summed E-state index contributed by atoms with van der Waals surface area (Å²) in [6.07, 6.45) is 2.60. The van der Waals surface area contributed by atoms with Gasteiger partial charge >= 0.3 is 5.97 Å². The van der Waals surface area contributed by atoms with Crippen molar-refractivity contribution in [3.05, 3.63) is 89.8 Å². The van der Waals surface area contributed by atoms with Crippen molar-refractivity contribution in [1.82, 2.24) is 5.32 Å². The second kappa shape index (κ2) is 8.28. The van der Waals surface area contributed by atoms with Gasteiger partial charge in [0.15, 0.2) is 0 Å². The lowest BCUT2D eigenvalue weighted by Crippen LogP contribution is -2.18. The van der Waals surface area contributed by atoms with Gasteiger partial charge in [-0.25, -0.2) is 9.18 Å². The Morgan fingerprint density at radius 3 is 2.39 bits per heavy atom. The predicted molar refractivity (Wildman–Crippen MR) is 117 cm³/mol. The van der Waals surface area contributed by atoms with E-state index in [0.717, 1.165) is 22.8 Å². The van der Waals surface area contributed by atoms with Crippen molar-refractivity contribution in [2.75, 3.05) is 7.05 Å². The molecule has 0 radical (unpaired) electrons. The third-order valence-electron chi connectivity index (χ3n) is 4.89. The largest absolute Gasteiger partial charge is 0.478 e. The van der Waals surface area contributed by atoms with Gasteiger partial charge in [-0.1, -0.05) is 24.3 Å². The van der Waals surface area contributed by atoms with E-state index in [0.29, 0.717) is 27.9 Å². The highest BCUT2D eigenvalue weighted by Gasteiger charge is 2.22. The molecular formula is C25H18FNO4. The van der Waals surface area contributed by atoms with Gasteiger partial charge < -0.3 is 14.8 Å². The van der Waals surface area contributed by atoms with Crippen LogP contribution in [0, 0.1) is 5.82 Å². The van der Waals surface area contributed by atoms with Gasteiger partial charge in [0.25, 0.3) is 5.91 Å². The van der Waals surface area contributed by atoms with Crippen LogP contribution in [0.5, 0.6) is 0 Å². The van der Waals surface area contributed by atoms with Crippen LogP contribution in [0.4, 0.5) is 4.39 Å². The van der Waals surface area contributed by atoms with E-state index in [1.54, 1.807) is 18.2 Å². The van der Waals surface area contributed by atoms with E-state index < -0.39 is 5.97 Å². The van der Waals surface area contributed by atoms with E-state index in [1.165, 1.54) is 25.3 Å². The molecule has 0 unspecified atom stereocenters. The van der Waals surface area contributed by atoms with Crippen molar-refractivity contribution in [1.29, 1.82) is 0 Å². The number of carbonyl (C=O) groups is 2. The highest BCUT2D eigenvalue weighted by Crippen LogP contribution is 2.36. The molecule has 1 amide bonds. The Morgan fingerprint density at radius 2 is 1.68 bits per heavy atom. The summed E-state index contributed by atoms with van der Waals surface area (Å²) in [4.78, 5) is 23.5. The van der Waals surface area contributed by atoms with Crippen molar-refractivity contribution < 1.29 is 23.5 Å². The lowest BCUT2D eigenvalue weighted by Gasteiger charge is -2.05. The maximum atomic E-state index is 13.4. The van der Waals surface area contributed by atoms with Crippen LogP contribution in [-0.2, 0) is 4.79 Å². The summed E-state index contributed by atoms with van der Waals surface area (Å²) in [5.41, 5.74) is 3.94. The zero-order chi connectivity index (χ0) is 22.0. The number of amides is 1. The molecule has 1 heterocycles. The Labute approximate surface area is 177 Å². The summed E-state index contributed by atoms with van der Waals surface area (Å²) in [6, 6.07) is 18.7. The van der Waals surface area contributed by atoms with Crippen molar-refractivity contribution in [2.24, 2.45) is 0 Å². The number of hydrogen-bond acceptors (Lipinski definition) is 3. The summed E-state index contributed by atoms with van der Waals surface area (Å²) in [6.45, 7) is 0. The van der Waals surface area contributed by atoms with Gasteiger partial charge in [-0.3, -0.25) is 4.79 Å². The van der Waals surface area contributed by atoms with E-state index >= 15 is 0 Å². The molecule has 3 aromatic carbocycles. The lowest BCUT2D eigenvalue weighted by atomic mass is 9.99. The molecule has 5 nitrogen and oxygen atoms in total. The van der Waals surface area contributed by atoms with Crippen LogP contribution in [0.2, 0.25) is 0 Å². The summed E-state index contributed by atoms with van der Waals surface area (Å²) < 4.78 is 19.3. The molecule has 4 aromatic rings. The molecule has 0 aliphatic carbocycles. The zero-order valence-corrected chi connectivity index (χ0v) is 16.6. The minimum absolute atomic E-state index is 0.312. The van der Waals surface area contributed by atoms with Crippen LogP contribution in [0.25, 0.3) is 39.5 Å². The molecule has 0 aliphatic rings. The van der Waals surface area contributed by atoms with E-state index in [9.17, 15) is 14.0 Å². The maximum absolute atomic E-state index is 13.4. The smallest absolute Gasteiger partial charge is 0.328 e. The van der Waals surface area contributed by atoms with Gasteiger partial charge in [-0.05, 0) is 65.2 Å². The fourth-order valence-electron chi connectivity index (χ4n) is 3.42. The van der Waals surface area contributed by atoms with Crippen molar-refractivity contribution in [3.8, 4) is 22.5 Å². The van der Waals surface area contributed by atoms with Gasteiger partial charge in [0.05, 0.1) is 5.56 Å².